The summed E-state index contributed by atoms with van der Waals surface area (Å²) in [4.78, 5) is 7.55. The number of nitrogens with one attached hydrogen (secondary N) is 1. The standard InChI is InChI=1S/C11H8BrF3N4/c12-7-2-1-6(11(13,14)15)5-8(7)18-9-3-4-17-10(16)19-9/h1-5H,(H3,16,17,18,19). The topological polar surface area (TPSA) is 63.8 Å². The van der Waals surface area contributed by atoms with Crippen molar-refractivity contribution in [3.05, 3.63) is 40.5 Å². The lowest BCUT2D eigenvalue weighted by Crippen LogP contribution is -2.06. The Labute approximate surface area is 115 Å². The largest absolute Gasteiger partial charge is 0.416 e. The van der Waals surface area contributed by atoms with E-state index in [1.165, 1.54) is 18.3 Å². The molecular weight excluding hydrogens is 325 g/mol. The number of nitrogens with two attached hydrogens (primary N) is 1. The zero-order valence-electron chi connectivity index (χ0n) is 9.37. The minimum Gasteiger partial charge on any atom is -0.368 e. The molecule has 2 aromatic rings. The summed E-state index contributed by atoms with van der Waals surface area (Å²) in [5, 5.41) is 2.75. The fourth-order valence-corrected chi connectivity index (χ4v) is 1.72. The van der Waals surface area contributed by atoms with Crippen LogP contribution in [0, 0.1) is 0 Å². The van der Waals surface area contributed by atoms with Gasteiger partial charge < -0.3 is 11.1 Å². The van der Waals surface area contributed by atoms with Gasteiger partial charge in [0.25, 0.3) is 0 Å². The first-order valence-electron chi connectivity index (χ1n) is 5.08. The number of hydrogen-bond acceptors (Lipinski definition) is 4. The van der Waals surface area contributed by atoms with Crippen molar-refractivity contribution in [2.75, 3.05) is 11.1 Å². The molecule has 19 heavy (non-hydrogen) atoms. The van der Waals surface area contributed by atoms with E-state index >= 15 is 0 Å². The number of aromatic nitrogens is 2. The minimum atomic E-state index is -4.40. The molecule has 1 aromatic carbocycles. The average molecular weight is 333 g/mol. The number of halogens is 4. The number of benzene rings is 1. The van der Waals surface area contributed by atoms with Gasteiger partial charge in [0.1, 0.15) is 5.82 Å². The number of hydrogen-bond donors (Lipinski definition) is 2. The van der Waals surface area contributed by atoms with E-state index in [4.69, 9.17) is 5.73 Å². The van der Waals surface area contributed by atoms with Crippen molar-refractivity contribution >= 4 is 33.4 Å². The third kappa shape index (κ3) is 3.34. The quantitative estimate of drug-likeness (QED) is 0.882. The molecule has 0 atom stereocenters. The lowest BCUT2D eigenvalue weighted by Gasteiger charge is -2.12. The van der Waals surface area contributed by atoms with E-state index in [-0.39, 0.29) is 11.6 Å². The Morgan fingerprint density at radius 2 is 1.95 bits per heavy atom. The zero-order valence-corrected chi connectivity index (χ0v) is 11.0. The number of nitrogen functional groups attached to an aromatic ring is 1. The molecular formula is C11H8BrF3N4. The van der Waals surface area contributed by atoms with Gasteiger partial charge in [0.05, 0.1) is 11.3 Å². The van der Waals surface area contributed by atoms with E-state index in [0.717, 1.165) is 12.1 Å². The maximum atomic E-state index is 12.6. The van der Waals surface area contributed by atoms with E-state index in [1.807, 2.05) is 0 Å². The van der Waals surface area contributed by atoms with Crippen LogP contribution in [0.4, 0.5) is 30.6 Å². The van der Waals surface area contributed by atoms with Gasteiger partial charge in [0.15, 0.2) is 0 Å². The van der Waals surface area contributed by atoms with E-state index in [0.29, 0.717) is 10.3 Å². The molecule has 3 N–H and O–H groups in total. The highest BCUT2D eigenvalue weighted by Crippen LogP contribution is 2.34. The van der Waals surface area contributed by atoms with Crippen molar-refractivity contribution in [1.29, 1.82) is 0 Å². The molecule has 2 rings (SSSR count). The molecule has 0 amide bonds. The Balaban J connectivity index is 2.34. The Morgan fingerprint density at radius 3 is 2.58 bits per heavy atom. The molecule has 0 radical (unpaired) electrons. The van der Waals surface area contributed by atoms with E-state index in [1.54, 1.807) is 0 Å². The van der Waals surface area contributed by atoms with Gasteiger partial charge >= 0.3 is 6.18 Å². The van der Waals surface area contributed by atoms with Crippen LogP contribution in [-0.4, -0.2) is 9.97 Å². The summed E-state index contributed by atoms with van der Waals surface area (Å²) < 4.78 is 38.3. The molecule has 0 saturated heterocycles. The lowest BCUT2D eigenvalue weighted by molar-refractivity contribution is -0.137. The van der Waals surface area contributed by atoms with Crippen LogP contribution in [-0.2, 0) is 6.18 Å². The lowest BCUT2D eigenvalue weighted by atomic mass is 10.2. The van der Waals surface area contributed by atoms with Crippen LogP contribution in [0.25, 0.3) is 0 Å². The third-order valence-corrected chi connectivity index (χ3v) is 2.92. The molecule has 1 heterocycles. The first-order chi connectivity index (χ1) is 8.86. The molecule has 0 unspecified atom stereocenters. The molecule has 0 saturated carbocycles. The van der Waals surface area contributed by atoms with Crippen LogP contribution in [0.5, 0.6) is 0 Å². The Hall–Kier alpha value is -1.83. The minimum absolute atomic E-state index is 0.0353. The van der Waals surface area contributed by atoms with Crippen molar-refractivity contribution in [3.8, 4) is 0 Å². The second-order valence-electron chi connectivity index (χ2n) is 3.62. The highest BCUT2D eigenvalue weighted by atomic mass is 79.9. The van der Waals surface area contributed by atoms with Crippen LogP contribution in [0.15, 0.2) is 34.9 Å². The summed E-state index contributed by atoms with van der Waals surface area (Å²) in [6, 6.07) is 4.80. The Kier molecular flexibility index (Phi) is 3.61. The van der Waals surface area contributed by atoms with Gasteiger partial charge in [-0.15, -0.1) is 0 Å². The van der Waals surface area contributed by atoms with Crippen molar-refractivity contribution in [2.45, 2.75) is 6.18 Å². The van der Waals surface area contributed by atoms with E-state index < -0.39 is 11.7 Å². The molecule has 0 aliphatic rings. The fourth-order valence-electron chi connectivity index (χ4n) is 1.38. The van der Waals surface area contributed by atoms with Crippen molar-refractivity contribution in [3.63, 3.8) is 0 Å². The maximum Gasteiger partial charge on any atom is 0.416 e. The van der Waals surface area contributed by atoms with Crippen LogP contribution in [0.1, 0.15) is 5.56 Å². The molecule has 0 bridgehead atoms. The predicted molar refractivity (Wildman–Crippen MR) is 68.9 cm³/mol. The zero-order chi connectivity index (χ0) is 14.0. The third-order valence-electron chi connectivity index (χ3n) is 2.23. The number of nitrogens with zero attached hydrogens (tertiary/aromatic N) is 2. The van der Waals surface area contributed by atoms with Gasteiger partial charge in [-0.1, -0.05) is 0 Å². The molecule has 1 aromatic heterocycles. The second kappa shape index (κ2) is 5.04. The van der Waals surface area contributed by atoms with Crippen molar-refractivity contribution in [2.24, 2.45) is 0 Å². The summed E-state index contributed by atoms with van der Waals surface area (Å²) >= 11 is 3.17. The highest BCUT2D eigenvalue weighted by molar-refractivity contribution is 9.10. The van der Waals surface area contributed by atoms with Gasteiger partial charge in [0.2, 0.25) is 5.95 Å². The summed E-state index contributed by atoms with van der Waals surface area (Å²) in [6.45, 7) is 0. The van der Waals surface area contributed by atoms with Gasteiger partial charge in [0, 0.05) is 10.7 Å². The SMILES string of the molecule is Nc1nccc(Nc2cc(C(F)(F)F)ccc2Br)n1. The number of alkyl halides is 3. The summed E-state index contributed by atoms with van der Waals surface area (Å²) in [7, 11) is 0. The van der Waals surface area contributed by atoms with Crippen molar-refractivity contribution < 1.29 is 13.2 Å². The molecule has 0 fully saturated rings. The fraction of sp³-hybridized carbons (Fsp3) is 0.0909. The summed E-state index contributed by atoms with van der Waals surface area (Å²) in [5.41, 5.74) is 4.89. The average Bonchev–Trinajstić information content (AvgIpc) is 2.30. The number of anilines is 3. The highest BCUT2D eigenvalue weighted by Gasteiger charge is 2.30. The smallest absolute Gasteiger partial charge is 0.368 e. The summed E-state index contributed by atoms with van der Waals surface area (Å²) in [5.74, 6) is 0.348. The van der Waals surface area contributed by atoms with Crippen LogP contribution in [0.3, 0.4) is 0 Å². The molecule has 0 aliphatic heterocycles. The van der Waals surface area contributed by atoms with Crippen LogP contribution in [0.2, 0.25) is 0 Å². The molecule has 4 nitrogen and oxygen atoms in total. The van der Waals surface area contributed by atoms with Crippen molar-refractivity contribution in [1.82, 2.24) is 9.97 Å². The first kappa shape index (κ1) is 13.6. The van der Waals surface area contributed by atoms with Crippen LogP contribution < -0.4 is 11.1 Å². The van der Waals surface area contributed by atoms with Crippen LogP contribution >= 0.6 is 15.9 Å². The van der Waals surface area contributed by atoms with Gasteiger partial charge in [-0.3, -0.25) is 0 Å². The monoisotopic (exact) mass is 332 g/mol. The molecule has 8 heteroatoms. The second-order valence-corrected chi connectivity index (χ2v) is 4.47. The van der Waals surface area contributed by atoms with Gasteiger partial charge in [-0.2, -0.15) is 18.2 Å². The normalized spacial score (nSPS) is 11.4. The number of rotatable bonds is 2. The predicted octanol–water partition coefficient (Wildman–Crippen LogP) is 3.58. The van der Waals surface area contributed by atoms with E-state index in [2.05, 4.69) is 31.2 Å². The molecule has 0 aliphatic carbocycles. The summed E-state index contributed by atoms with van der Waals surface area (Å²) in [6.07, 6.45) is -2.99. The molecule has 100 valence electrons. The molecule has 0 spiro atoms. The Morgan fingerprint density at radius 1 is 1.21 bits per heavy atom. The maximum absolute atomic E-state index is 12.6. The first-order valence-corrected chi connectivity index (χ1v) is 5.88. The van der Waals surface area contributed by atoms with E-state index in [9.17, 15) is 13.2 Å². The van der Waals surface area contributed by atoms with Gasteiger partial charge in [-0.05, 0) is 40.2 Å². The van der Waals surface area contributed by atoms with Gasteiger partial charge in [-0.25, -0.2) is 4.98 Å². The Bertz CT molecular complexity index is 601.